The summed E-state index contributed by atoms with van der Waals surface area (Å²) >= 11 is 0. The third-order valence-electron chi connectivity index (χ3n) is 5.17. The average Bonchev–Trinajstić information content (AvgIpc) is 2.84. The van der Waals surface area contributed by atoms with Gasteiger partial charge in [0.25, 0.3) is 0 Å². The van der Waals surface area contributed by atoms with Crippen LogP contribution < -0.4 is 0 Å². The van der Waals surface area contributed by atoms with Crippen molar-refractivity contribution in [1.82, 2.24) is 15.0 Å². The van der Waals surface area contributed by atoms with Crippen LogP contribution in [0.25, 0.3) is 44.5 Å². The Morgan fingerprint density at radius 3 is 2.39 bits per heavy atom. The highest BCUT2D eigenvalue weighted by Crippen LogP contribution is 2.33. The van der Waals surface area contributed by atoms with Crippen LogP contribution >= 0.6 is 0 Å². The quantitative estimate of drug-likeness (QED) is 0.369. The largest absolute Gasteiger partial charge is 0.264 e. The van der Waals surface area contributed by atoms with Crippen LogP contribution in [0.3, 0.4) is 0 Å². The molecule has 0 unspecified atom stereocenters. The molecule has 4 nitrogen and oxygen atoms in total. The van der Waals surface area contributed by atoms with E-state index in [1.54, 1.807) is 30.7 Å². The Balaban J connectivity index is 1.63. The normalized spacial score (nSPS) is 10.7. The van der Waals surface area contributed by atoms with Gasteiger partial charge in [-0.2, -0.15) is 5.26 Å². The van der Waals surface area contributed by atoms with Gasteiger partial charge in [-0.1, -0.05) is 30.3 Å². The highest BCUT2D eigenvalue weighted by atomic mass is 19.1. The van der Waals surface area contributed by atoms with Crippen molar-refractivity contribution < 1.29 is 4.39 Å². The van der Waals surface area contributed by atoms with Gasteiger partial charge in [0.1, 0.15) is 11.9 Å². The Bertz CT molecular complexity index is 1460. The molecule has 31 heavy (non-hydrogen) atoms. The average molecular weight is 402 g/mol. The lowest BCUT2D eigenvalue weighted by Gasteiger charge is -2.10. The first-order valence-electron chi connectivity index (χ1n) is 9.70. The lowest BCUT2D eigenvalue weighted by Crippen LogP contribution is -1.92. The fourth-order valence-corrected chi connectivity index (χ4v) is 3.69. The van der Waals surface area contributed by atoms with E-state index in [9.17, 15) is 9.65 Å². The molecule has 0 saturated heterocycles. The Morgan fingerprint density at radius 2 is 1.58 bits per heavy atom. The third kappa shape index (κ3) is 3.41. The zero-order valence-corrected chi connectivity index (χ0v) is 16.3. The van der Waals surface area contributed by atoms with Crippen molar-refractivity contribution in [2.45, 2.75) is 0 Å². The predicted octanol–water partition coefficient (Wildman–Crippen LogP) is 6.04. The minimum atomic E-state index is -0.521. The number of benzene rings is 2. The summed E-state index contributed by atoms with van der Waals surface area (Å²) in [5, 5.41) is 10.3. The highest BCUT2D eigenvalue weighted by molar-refractivity contribution is 5.94. The van der Waals surface area contributed by atoms with E-state index in [1.807, 2.05) is 60.7 Å². The van der Waals surface area contributed by atoms with Gasteiger partial charge in [0.05, 0.1) is 11.3 Å². The monoisotopic (exact) mass is 402 g/mol. The van der Waals surface area contributed by atoms with Gasteiger partial charge in [-0.3, -0.25) is 4.98 Å². The number of aromatic nitrogens is 3. The molecule has 0 bridgehead atoms. The SMILES string of the molecule is N#Cc1c(F)cccc1-c1cccc(-c2ccnc3nc(-c4cccnc4)ccc23)c1. The first kappa shape index (κ1) is 18.6. The molecule has 3 aromatic heterocycles. The molecule has 0 aliphatic rings. The summed E-state index contributed by atoms with van der Waals surface area (Å²) in [5.41, 5.74) is 5.65. The van der Waals surface area contributed by atoms with Crippen molar-refractivity contribution >= 4 is 11.0 Å². The van der Waals surface area contributed by atoms with E-state index in [4.69, 9.17) is 4.98 Å². The van der Waals surface area contributed by atoms with E-state index in [1.165, 1.54) is 6.07 Å². The molecule has 0 saturated carbocycles. The second-order valence-corrected chi connectivity index (χ2v) is 7.02. The maximum atomic E-state index is 14.1. The summed E-state index contributed by atoms with van der Waals surface area (Å²) in [6.45, 7) is 0. The van der Waals surface area contributed by atoms with E-state index in [2.05, 4.69) is 9.97 Å². The minimum Gasteiger partial charge on any atom is -0.264 e. The number of rotatable bonds is 3. The van der Waals surface area contributed by atoms with Crippen LogP contribution in [0.15, 0.2) is 91.4 Å². The molecule has 3 heterocycles. The van der Waals surface area contributed by atoms with Gasteiger partial charge in [-0.25, -0.2) is 14.4 Å². The summed E-state index contributed by atoms with van der Waals surface area (Å²) in [7, 11) is 0. The molecule has 0 atom stereocenters. The number of nitriles is 1. The van der Waals surface area contributed by atoms with E-state index in [0.717, 1.165) is 33.3 Å². The van der Waals surface area contributed by atoms with Crippen molar-refractivity contribution in [3.63, 3.8) is 0 Å². The maximum absolute atomic E-state index is 14.1. The summed E-state index contributed by atoms with van der Waals surface area (Å²) in [4.78, 5) is 13.3. The van der Waals surface area contributed by atoms with Gasteiger partial charge < -0.3 is 0 Å². The Hall–Kier alpha value is -4.43. The zero-order valence-electron chi connectivity index (χ0n) is 16.3. The van der Waals surface area contributed by atoms with Gasteiger partial charge >= 0.3 is 0 Å². The highest BCUT2D eigenvalue weighted by Gasteiger charge is 2.12. The van der Waals surface area contributed by atoms with E-state index >= 15 is 0 Å². The molecule has 0 aliphatic heterocycles. The second kappa shape index (κ2) is 7.77. The summed E-state index contributed by atoms with van der Waals surface area (Å²) in [5.74, 6) is -0.521. The minimum absolute atomic E-state index is 0.0435. The fourth-order valence-electron chi connectivity index (χ4n) is 3.69. The van der Waals surface area contributed by atoms with E-state index in [0.29, 0.717) is 11.2 Å². The van der Waals surface area contributed by atoms with Crippen LogP contribution in [0.5, 0.6) is 0 Å². The molecule has 0 N–H and O–H groups in total. The lowest BCUT2D eigenvalue weighted by atomic mass is 9.95. The third-order valence-corrected chi connectivity index (χ3v) is 5.17. The Kier molecular flexibility index (Phi) is 4.66. The van der Waals surface area contributed by atoms with Crippen molar-refractivity contribution in [2.24, 2.45) is 0 Å². The standard InChI is InChI=1S/C26H15FN4/c27-24-8-2-7-20(23(24)15-28)17-4-1-5-18(14-17)21-11-13-30-26-22(21)9-10-25(31-26)19-6-3-12-29-16-19/h1-14,16H. The fraction of sp³-hybridized carbons (Fsp3) is 0. The number of nitrogens with zero attached hydrogens (tertiary/aromatic N) is 4. The smallest absolute Gasteiger partial charge is 0.160 e. The van der Waals surface area contributed by atoms with Crippen molar-refractivity contribution in [3.05, 3.63) is 103 Å². The number of halogens is 1. The number of fused-ring (bicyclic) bond motifs is 1. The van der Waals surface area contributed by atoms with Gasteiger partial charge in [0, 0.05) is 35.1 Å². The topological polar surface area (TPSA) is 62.5 Å². The first-order chi connectivity index (χ1) is 15.2. The van der Waals surface area contributed by atoms with Crippen LogP contribution in [0.1, 0.15) is 5.56 Å². The van der Waals surface area contributed by atoms with Crippen LogP contribution in [0, 0.1) is 17.1 Å². The van der Waals surface area contributed by atoms with Gasteiger partial charge in [-0.05, 0) is 59.2 Å². The van der Waals surface area contributed by atoms with Crippen LogP contribution in [0.4, 0.5) is 4.39 Å². The van der Waals surface area contributed by atoms with Gasteiger partial charge in [0.2, 0.25) is 0 Å². The number of hydrogen-bond acceptors (Lipinski definition) is 4. The Morgan fingerprint density at radius 1 is 0.774 bits per heavy atom. The molecular formula is C26H15FN4. The van der Waals surface area contributed by atoms with Gasteiger partial charge in [-0.15, -0.1) is 0 Å². The second-order valence-electron chi connectivity index (χ2n) is 7.02. The molecule has 146 valence electrons. The number of hydrogen-bond donors (Lipinski definition) is 0. The molecular weight excluding hydrogens is 387 g/mol. The predicted molar refractivity (Wildman–Crippen MR) is 118 cm³/mol. The first-order valence-corrected chi connectivity index (χ1v) is 9.70. The molecule has 0 aliphatic carbocycles. The van der Waals surface area contributed by atoms with Crippen molar-refractivity contribution in [3.8, 4) is 39.6 Å². The van der Waals surface area contributed by atoms with Crippen LogP contribution in [-0.2, 0) is 0 Å². The van der Waals surface area contributed by atoms with Crippen molar-refractivity contribution in [2.75, 3.05) is 0 Å². The van der Waals surface area contributed by atoms with E-state index in [-0.39, 0.29) is 5.56 Å². The molecule has 5 rings (SSSR count). The molecule has 2 aromatic carbocycles. The van der Waals surface area contributed by atoms with Gasteiger partial charge in [0.15, 0.2) is 5.65 Å². The lowest BCUT2D eigenvalue weighted by molar-refractivity contribution is 0.624. The Labute approximate surface area is 178 Å². The zero-order chi connectivity index (χ0) is 21.2. The molecule has 0 amide bonds. The molecule has 5 heteroatoms. The van der Waals surface area contributed by atoms with E-state index < -0.39 is 5.82 Å². The summed E-state index contributed by atoms with van der Waals surface area (Å²) < 4.78 is 14.1. The van der Waals surface area contributed by atoms with Crippen LogP contribution in [0.2, 0.25) is 0 Å². The maximum Gasteiger partial charge on any atom is 0.160 e. The molecule has 0 radical (unpaired) electrons. The number of pyridine rings is 3. The van der Waals surface area contributed by atoms with Crippen molar-refractivity contribution in [1.29, 1.82) is 5.26 Å². The molecule has 5 aromatic rings. The molecule has 0 fully saturated rings. The molecule has 0 spiro atoms. The summed E-state index contributed by atoms with van der Waals surface area (Å²) in [6.07, 6.45) is 5.23. The summed E-state index contributed by atoms with van der Waals surface area (Å²) in [6, 6.07) is 24.1. The van der Waals surface area contributed by atoms with Crippen LogP contribution in [-0.4, -0.2) is 15.0 Å².